The molecule has 0 bridgehead atoms. The molecular formula is C43H62N6O8. The molecule has 312 valence electrons. The van der Waals surface area contributed by atoms with Gasteiger partial charge in [-0.3, -0.25) is 25.1 Å². The first-order valence-corrected chi connectivity index (χ1v) is 20.3. The van der Waals surface area contributed by atoms with Crippen molar-refractivity contribution >= 4 is 46.1 Å². The van der Waals surface area contributed by atoms with Crippen molar-refractivity contribution in [2.75, 3.05) is 55.3 Å². The maximum absolute atomic E-state index is 11.4. The number of azo groups is 1. The second-order valence-electron chi connectivity index (χ2n) is 13.9. The summed E-state index contributed by atoms with van der Waals surface area (Å²) >= 11 is 0. The second kappa shape index (κ2) is 26.5. The maximum atomic E-state index is 11.4. The van der Waals surface area contributed by atoms with Crippen LogP contribution in [0.1, 0.15) is 110 Å². The van der Waals surface area contributed by atoms with E-state index in [1.54, 1.807) is 24.3 Å². The number of carbonyl (C=O) groups excluding carboxylic acids is 2. The summed E-state index contributed by atoms with van der Waals surface area (Å²) in [6.45, 7) is 11.3. The molecule has 3 aromatic carbocycles. The molecule has 0 aliphatic rings. The lowest BCUT2D eigenvalue weighted by Gasteiger charge is -2.26. The number of rotatable bonds is 29. The van der Waals surface area contributed by atoms with Crippen molar-refractivity contribution in [3.8, 4) is 11.5 Å². The number of ether oxygens (including phenoxy) is 4. The number of carbonyl (C=O) groups is 2. The lowest BCUT2D eigenvalue weighted by atomic mass is 10.1. The molecule has 14 nitrogen and oxygen atoms in total. The van der Waals surface area contributed by atoms with E-state index in [0.717, 1.165) is 18.7 Å². The number of nitro groups is 1. The molecule has 0 saturated heterocycles. The minimum Gasteiger partial charge on any atom is -0.488 e. The van der Waals surface area contributed by atoms with Gasteiger partial charge < -0.3 is 29.3 Å². The molecule has 3 aromatic rings. The molecule has 0 atom stereocenters. The monoisotopic (exact) mass is 790 g/mol. The summed E-state index contributed by atoms with van der Waals surface area (Å²) in [5.74, 6) is -0.201. The van der Waals surface area contributed by atoms with Crippen molar-refractivity contribution in [2.24, 2.45) is 10.2 Å². The predicted octanol–water partition coefficient (Wildman–Crippen LogP) is 11.2. The molecule has 0 amide bonds. The highest BCUT2D eigenvalue weighted by Gasteiger charge is 2.15. The highest BCUT2D eigenvalue weighted by molar-refractivity contribution is 5.71. The number of nitrogens with one attached hydrogen (secondary N) is 2. The number of nitro benzene ring substituents is 1. The van der Waals surface area contributed by atoms with E-state index in [4.69, 9.17) is 18.9 Å². The molecule has 57 heavy (non-hydrogen) atoms. The third kappa shape index (κ3) is 17.9. The number of nitrogens with zero attached hydrogens (tertiary/aromatic N) is 4. The van der Waals surface area contributed by atoms with Crippen LogP contribution in [0.2, 0.25) is 0 Å². The Morgan fingerprint density at radius 3 is 1.75 bits per heavy atom. The molecule has 14 heteroatoms. The molecule has 2 N–H and O–H groups in total. The quantitative estimate of drug-likeness (QED) is 0.0226. The second-order valence-corrected chi connectivity index (χ2v) is 13.9. The highest BCUT2D eigenvalue weighted by atomic mass is 16.6. The smallest absolute Gasteiger partial charge is 0.302 e. The standard InChI is InChI=1S/C43H62N6O8/c1-6-8-10-12-14-16-24-48(25-17-15-13-11-9-7-2)38-22-23-39(33(3)30-38)45-47-41-32-42(56-28-26-54-34(4)50)40(31-43(41)57-29-27-55-35(5)51)46-44-36-18-20-37(21-19-36)49(52)53/h18-23,30-32,44,46H,6-17,24-29H2,1-5H3. The van der Waals surface area contributed by atoms with Crippen LogP contribution in [0.5, 0.6) is 11.5 Å². The average Bonchev–Trinajstić information content (AvgIpc) is 3.19. The SMILES string of the molecule is CCCCCCCCN(CCCCCCCC)c1ccc(N=Nc2cc(OCCOC(C)=O)c(NNc3ccc([N+](=O)[O-])cc3)cc2OCCOC(C)=O)c(C)c1. The van der Waals surface area contributed by atoms with Crippen LogP contribution in [-0.4, -0.2) is 56.4 Å². The fraction of sp³-hybridized carbons (Fsp3) is 0.535. The number of esters is 2. The molecule has 0 unspecified atom stereocenters. The molecule has 0 fully saturated rings. The van der Waals surface area contributed by atoms with E-state index in [-0.39, 0.29) is 32.1 Å². The van der Waals surface area contributed by atoms with E-state index in [9.17, 15) is 19.7 Å². The van der Waals surface area contributed by atoms with Gasteiger partial charge in [0.2, 0.25) is 0 Å². The Balaban J connectivity index is 1.88. The summed E-state index contributed by atoms with van der Waals surface area (Å²) in [7, 11) is 0. The van der Waals surface area contributed by atoms with Gasteiger partial charge in [0.25, 0.3) is 5.69 Å². The van der Waals surface area contributed by atoms with Gasteiger partial charge in [-0.2, -0.15) is 5.11 Å². The fourth-order valence-electron chi connectivity index (χ4n) is 6.03. The first kappa shape index (κ1) is 46.0. The molecule has 0 saturated carbocycles. The molecule has 0 heterocycles. The zero-order valence-corrected chi connectivity index (χ0v) is 34.5. The number of hydrogen-bond acceptors (Lipinski definition) is 13. The summed E-state index contributed by atoms with van der Waals surface area (Å²) in [5.41, 5.74) is 10.2. The van der Waals surface area contributed by atoms with Gasteiger partial charge in [-0.1, -0.05) is 78.1 Å². The molecule has 0 spiro atoms. The number of benzene rings is 3. The number of unbranched alkanes of at least 4 members (excludes halogenated alkanes) is 10. The third-order valence-corrected chi connectivity index (χ3v) is 9.15. The predicted molar refractivity (Wildman–Crippen MR) is 225 cm³/mol. The van der Waals surface area contributed by atoms with Crippen LogP contribution in [0, 0.1) is 17.0 Å². The van der Waals surface area contributed by atoms with Crippen molar-refractivity contribution in [1.82, 2.24) is 0 Å². The average molecular weight is 791 g/mol. The van der Waals surface area contributed by atoms with Gasteiger partial charge in [0.1, 0.15) is 43.6 Å². The van der Waals surface area contributed by atoms with Crippen molar-refractivity contribution in [2.45, 2.75) is 112 Å². The largest absolute Gasteiger partial charge is 0.488 e. The number of anilines is 3. The van der Waals surface area contributed by atoms with Crippen molar-refractivity contribution in [1.29, 1.82) is 0 Å². The summed E-state index contributed by atoms with van der Waals surface area (Å²) in [4.78, 5) is 35.9. The van der Waals surface area contributed by atoms with Crippen LogP contribution in [-0.2, 0) is 19.1 Å². The summed E-state index contributed by atoms with van der Waals surface area (Å²) in [6, 6.07) is 15.5. The van der Waals surface area contributed by atoms with E-state index in [1.165, 1.54) is 109 Å². The molecule has 0 aliphatic carbocycles. The zero-order chi connectivity index (χ0) is 41.3. The van der Waals surface area contributed by atoms with Crippen molar-refractivity contribution in [3.05, 3.63) is 70.3 Å². The molecule has 0 radical (unpaired) electrons. The lowest BCUT2D eigenvalue weighted by Crippen LogP contribution is -2.25. The summed E-state index contributed by atoms with van der Waals surface area (Å²) in [5, 5.41) is 20.4. The van der Waals surface area contributed by atoms with Gasteiger partial charge >= 0.3 is 11.9 Å². The topological polar surface area (TPSA) is 166 Å². The van der Waals surface area contributed by atoms with Crippen LogP contribution in [0.25, 0.3) is 0 Å². The van der Waals surface area contributed by atoms with Gasteiger partial charge in [-0.05, 0) is 55.7 Å². The maximum Gasteiger partial charge on any atom is 0.302 e. The van der Waals surface area contributed by atoms with Gasteiger partial charge in [-0.25, -0.2) is 0 Å². The number of hydrazine groups is 1. The Bertz CT molecular complexity index is 1690. The van der Waals surface area contributed by atoms with Crippen molar-refractivity contribution in [3.63, 3.8) is 0 Å². The van der Waals surface area contributed by atoms with Gasteiger partial charge in [0.05, 0.1) is 22.0 Å². The first-order valence-electron chi connectivity index (χ1n) is 20.3. The molecule has 0 aromatic heterocycles. The lowest BCUT2D eigenvalue weighted by molar-refractivity contribution is -0.384. The minimum absolute atomic E-state index is 0.0162. The van der Waals surface area contributed by atoms with Gasteiger partial charge in [0, 0.05) is 56.9 Å². The summed E-state index contributed by atoms with van der Waals surface area (Å²) in [6.07, 6.45) is 15.0. The molecular weight excluding hydrogens is 729 g/mol. The first-order chi connectivity index (χ1) is 27.6. The molecule has 0 aliphatic heterocycles. The zero-order valence-electron chi connectivity index (χ0n) is 34.5. The number of non-ortho nitro benzene ring substituents is 1. The van der Waals surface area contributed by atoms with Crippen molar-refractivity contribution < 1.29 is 33.5 Å². The minimum atomic E-state index is -0.474. The van der Waals surface area contributed by atoms with Crippen LogP contribution in [0.3, 0.4) is 0 Å². The van der Waals surface area contributed by atoms with Crippen LogP contribution in [0.15, 0.2) is 64.8 Å². The van der Waals surface area contributed by atoms with E-state index in [0.29, 0.717) is 34.2 Å². The number of aryl methyl sites for hydroxylation is 1. The Morgan fingerprint density at radius 2 is 1.21 bits per heavy atom. The third-order valence-electron chi connectivity index (χ3n) is 9.15. The van der Waals surface area contributed by atoms with Crippen LogP contribution in [0.4, 0.5) is 34.1 Å². The van der Waals surface area contributed by atoms with E-state index in [1.807, 2.05) is 13.0 Å². The van der Waals surface area contributed by atoms with E-state index in [2.05, 4.69) is 52.0 Å². The normalized spacial score (nSPS) is 11.0. The van der Waals surface area contributed by atoms with Gasteiger partial charge in [0.15, 0.2) is 0 Å². The van der Waals surface area contributed by atoms with E-state index < -0.39 is 16.9 Å². The Kier molecular flexibility index (Phi) is 21.3. The van der Waals surface area contributed by atoms with E-state index >= 15 is 0 Å². The fourth-order valence-corrected chi connectivity index (χ4v) is 6.03. The highest BCUT2D eigenvalue weighted by Crippen LogP contribution is 2.40. The Morgan fingerprint density at radius 1 is 0.667 bits per heavy atom. The van der Waals surface area contributed by atoms with Crippen LogP contribution >= 0.6 is 0 Å². The Hall–Kier alpha value is -5.40. The number of hydrogen-bond donors (Lipinski definition) is 2. The van der Waals surface area contributed by atoms with Crippen LogP contribution < -0.4 is 25.2 Å². The Labute approximate surface area is 337 Å². The summed E-state index contributed by atoms with van der Waals surface area (Å²) < 4.78 is 22.2. The van der Waals surface area contributed by atoms with Gasteiger partial charge in [-0.15, -0.1) is 5.11 Å². The molecule has 3 rings (SSSR count).